The van der Waals surface area contributed by atoms with Gasteiger partial charge in [-0.25, -0.2) is 0 Å². The first-order valence-corrected chi connectivity index (χ1v) is 18.0. The second-order valence-electron chi connectivity index (χ2n) is 13.6. The van der Waals surface area contributed by atoms with Crippen LogP contribution in [0.25, 0.3) is 43.8 Å². The number of hydrogen-bond donors (Lipinski definition) is 0. The average molecular weight is 662 g/mol. The molecule has 52 heavy (non-hydrogen) atoms. The Morgan fingerprint density at radius 2 is 0.635 bits per heavy atom. The van der Waals surface area contributed by atoms with Gasteiger partial charge in [0.15, 0.2) is 0 Å². The molecular formula is C51H35N. The third kappa shape index (κ3) is 4.43. The summed E-state index contributed by atoms with van der Waals surface area (Å²) < 4.78 is 0. The lowest BCUT2D eigenvalue weighted by atomic mass is 9.61. The van der Waals surface area contributed by atoms with Gasteiger partial charge in [0.05, 0.1) is 11.1 Å². The first-order chi connectivity index (χ1) is 25.9. The van der Waals surface area contributed by atoms with Gasteiger partial charge in [0, 0.05) is 22.1 Å². The number of hydrogen-bond acceptors (Lipinski definition) is 1. The van der Waals surface area contributed by atoms with Gasteiger partial charge in [-0.05, 0) is 79.5 Å². The van der Waals surface area contributed by atoms with Crippen molar-refractivity contribution in [1.82, 2.24) is 0 Å². The van der Waals surface area contributed by atoms with Crippen LogP contribution in [0.1, 0.15) is 22.3 Å². The Morgan fingerprint density at radius 3 is 1.10 bits per heavy atom. The van der Waals surface area contributed by atoms with E-state index in [-0.39, 0.29) is 0 Å². The third-order valence-electron chi connectivity index (χ3n) is 10.9. The maximum atomic E-state index is 2.44. The molecule has 0 atom stereocenters. The zero-order chi connectivity index (χ0) is 34.5. The number of fused-ring (bicyclic) bond motifs is 7. The molecule has 0 radical (unpaired) electrons. The molecule has 0 saturated carbocycles. The predicted octanol–water partition coefficient (Wildman–Crippen LogP) is 13.5. The highest BCUT2D eigenvalue weighted by Crippen LogP contribution is 2.59. The first-order valence-electron chi connectivity index (χ1n) is 18.0. The Labute approximate surface area is 304 Å². The van der Waals surface area contributed by atoms with Crippen LogP contribution in [0.3, 0.4) is 0 Å². The van der Waals surface area contributed by atoms with Gasteiger partial charge in [-0.2, -0.15) is 0 Å². The van der Waals surface area contributed by atoms with Crippen LogP contribution in [-0.2, 0) is 5.41 Å². The highest BCUT2D eigenvalue weighted by molar-refractivity contribution is 6.18. The van der Waals surface area contributed by atoms with Crippen LogP contribution in [0.2, 0.25) is 0 Å². The molecule has 1 aliphatic rings. The van der Waals surface area contributed by atoms with E-state index in [1.165, 1.54) is 71.7 Å². The van der Waals surface area contributed by atoms with E-state index in [1.54, 1.807) is 0 Å². The van der Waals surface area contributed by atoms with Crippen molar-refractivity contribution in [3.8, 4) is 22.3 Å². The van der Waals surface area contributed by atoms with Gasteiger partial charge >= 0.3 is 0 Å². The van der Waals surface area contributed by atoms with Gasteiger partial charge in [0.1, 0.15) is 0 Å². The summed E-state index contributed by atoms with van der Waals surface area (Å²) in [5.74, 6) is 0. The maximum Gasteiger partial charge on any atom is 0.0725 e. The normalized spacial score (nSPS) is 12.8. The van der Waals surface area contributed by atoms with Crippen molar-refractivity contribution in [3.05, 3.63) is 235 Å². The zero-order valence-corrected chi connectivity index (χ0v) is 28.7. The molecule has 0 amide bonds. The van der Waals surface area contributed by atoms with Crippen molar-refractivity contribution in [3.63, 3.8) is 0 Å². The second kappa shape index (κ2) is 12.3. The van der Waals surface area contributed by atoms with Gasteiger partial charge in [0.25, 0.3) is 0 Å². The smallest absolute Gasteiger partial charge is 0.0725 e. The highest BCUT2D eigenvalue weighted by Gasteiger charge is 2.46. The van der Waals surface area contributed by atoms with Crippen molar-refractivity contribution >= 4 is 38.6 Å². The zero-order valence-electron chi connectivity index (χ0n) is 28.7. The summed E-state index contributed by atoms with van der Waals surface area (Å²) in [6.07, 6.45) is 0. The number of nitrogens with zero attached hydrogens (tertiary/aromatic N) is 1. The van der Waals surface area contributed by atoms with Crippen molar-refractivity contribution in [2.45, 2.75) is 5.41 Å². The summed E-state index contributed by atoms with van der Waals surface area (Å²) >= 11 is 0. The molecule has 0 N–H and O–H groups in total. The lowest BCUT2D eigenvalue weighted by Gasteiger charge is -2.40. The fraction of sp³-hybridized carbons (Fsp3) is 0.0196. The Bertz CT molecular complexity index is 2570. The molecular weight excluding hydrogens is 627 g/mol. The molecule has 0 fully saturated rings. The average Bonchev–Trinajstić information content (AvgIpc) is 3.33. The second-order valence-corrected chi connectivity index (χ2v) is 13.6. The van der Waals surface area contributed by atoms with Crippen molar-refractivity contribution in [1.29, 1.82) is 0 Å². The van der Waals surface area contributed by atoms with E-state index < -0.39 is 5.41 Å². The van der Waals surface area contributed by atoms with Gasteiger partial charge < -0.3 is 4.90 Å². The summed E-state index contributed by atoms with van der Waals surface area (Å²) in [6.45, 7) is 0. The van der Waals surface area contributed by atoms with Crippen molar-refractivity contribution in [2.24, 2.45) is 0 Å². The van der Waals surface area contributed by atoms with Crippen molar-refractivity contribution in [2.75, 3.05) is 4.90 Å². The summed E-state index contributed by atoms with van der Waals surface area (Å²) in [4.78, 5) is 2.44. The largest absolute Gasteiger partial charge is 0.309 e. The number of rotatable bonds is 5. The van der Waals surface area contributed by atoms with Crippen LogP contribution in [0.15, 0.2) is 212 Å². The molecule has 1 aliphatic carbocycles. The van der Waals surface area contributed by atoms with Crippen LogP contribution in [0, 0.1) is 0 Å². The minimum absolute atomic E-state index is 0.671. The molecule has 0 spiro atoms. The molecule has 0 heterocycles. The summed E-state index contributed by atoms with van der Waals surface area (Å²) in [5.41, 5.74) is 12.9. The molecule has 0 aliphatic heterocycles. The Kier molecular flexibility index (Phi) is 7.11. The molecule has 9 aromatic rings. The van der Waals surface area contributed by atoms with E-state index in [1.807, 2.05) is 0 Å². The summed E-state index contributed by atoms with van der Waals surface area (Å²) in [6, 6.07) is 78.1. The minimum atomic E-state index is -0.671. The van der Waals surface area contributed by atoms with Crippen LogP contribution < -0.4 is 4.90 Å². The molecule has 244 valence electrons. The fourth-order valence-corrected chi connectivity index (χ4v) is 8.91. The highest BCUT2D eigenvalue weighted by atomic mass is 15.1. The van der Waals surface area contributed by atoms with Crippen LogP contribution in [-0.4, -0.2) is 0 Å². The van der Waals surface area contributed by atoms with Gasteiger partial charge in [-0.3, -0.25) is 0 Å². The molecule has 0 unspecified atom stereocenters. The van der Waals surface area contributed by atoms with E-state index in [0.29, 0.717) is 0 Å². The molecule has 1 nitrogen and oxygen atoms in total. The number of para-hydroxylation sites is 2. The monoisotopic (exact) mass is 661 g/mol. The molecule has 0 aromatic heterocycles. The van der Waals surface area contributed by atoms with Crippen LogP contribution in [0.5, 0.6) is 0 Å². The molecule has 10 rings (SSSR count). The minimum Gasteiger partial charge on any atom is -0.309 e. The van der Waals surface area contributed by atoms with Crippen LogP contribution in [0.4, 0.5) is 17.1 Å². The van der Waals surface area contributed by atoms with Crippen LogP contribution >= 0.6 is 0 Å². The van der Waals surface area contributed by atoms with Crippen molar-refractivity contribution < 1.29 is 0 Å². The number of benzene rings is 9. The Balaban J connectivity index is 1.45. The van der Waals surface area contributed by atoms with Gasteiger partial charge in [-0.15, -0.1) is 0 Å². The predicted molar refractivity (Wildman–Crippen MR) is 219 cm³/mol. The van der Waals surface area contributed by atoms with E-state index in [9.17, 15) is 0 Å². The van der Waals surface area contributed by atoms with Gasteiger partial charge in [0.2, 0.25) is 0 Å². The molecule has 0 bridgehead atoms. The summed E-state index contributed by atoms with van der Waals surface area (Å²) in [7, 11) is 0. The van der Waals surface area contributed by atoms with E-state index >= 15 is 0 Å². The maximum absolute atomic E-state index is 2.44. The molecule has 0 saturated heterocycles. The topological polar surface area (TPSA) is 3.24 Å². The lowest BCUT2D eigenvalue weighted by molar-refractivity contribution is 0.766. The fourth-order valence-electron chi connectivity index (χ4n) is 8.91. The first kappa shape index (κ1) is 30.2. The lowest BCUT2D eigenvalue weighted by Crippen LogP contribution is -2.32. The standard InChI is InChI=1S/C51H35N/c1-4-20-36(21-5-1)51(47-34-18-16-28-41(47)39-26-10-11-27-40(39)42-29-17-19-35-48(42)51)49-43-30-12-14-32-45(43)50(46-33-15-13-31-44(46)49)52(37-22-6-2-7-23-37)38-24-8-3-9-25-38/h1-35H. The van der Waals surface area contributed by atoms with E-state index in [4.69, 9.17) is 0 Å². The quantitative estimate of drug-likeness (QED) is 0.166. The SMILES string of the molecule is c1ccc(N(c2ccccc2)c2c3ccccc3c(C3(c4ccccc4)c4ccccc4-c4ccccc4-c4ccccc43)c3ccccc23)cc1. The Hall–Kier alpha value is -6.70. The molecule has 1 heteroatoms. The number of anilines is 3. The molecule has 9 aromatic carbocycles. The van der Waals surface area contributed by atoms with E-state index in [2.05, 4.69) is 217 Å². The summed E-state index contributed by atoms with van der Waals surface area (Å²) in [5, 5.41) is 4.87. The van der Waals surface area contributed by atoms with Gasteiger partial charge in [-0.1, -0.05) is 188 Å². The third-order valence-corrected chi connectivity index (χ3v) is 10.9. The van der Waals surface area contributed by atoms with E-state index in [0.717, 1.165) is 11.4 Å². The Morgan fingerprint density at radius 1 is 0.288 bits per heavy atom.